The molecule has 1 unspecified atom stereocenters. The van der Waals surface area contributed by atoms with Gasteiger partial charge in [-0.15, -0.1) is 0 Å². The predicted octanol–water partition coefficient (Wildman–Crippen LogP) is 0.658. The normalized spacial score (nSPS) is 14.3. The molecular formula is C7H13FO3. The van der Waals surface area contributed by atoms with Crippen molar-refractivity contribution in [2.24, 2.45) is 0 Å². The van der Waals surface area contributed by atoms with Gasteiger partial charge in [-0.2, -0.15) is 0 Å². The van der Waals surface area contributed by atoms with Gasteiger partial charge in [0.05, 0.1) is 7.11 Å². The molecule has 0 spiro atoms. The Labute approximate surface area is 65.2 Å². The lowest BCUT2D eigenvalue weighted by Gasteiger charge is -2.16. The Kier molecular flexibility index (Phi) is 3.45. The summed E-state index contributed by atoms with van der Waals surface area (Å²) in [6.07, 6.45) is -1.60. The van der Waals surface area contributed by atoms with Crippen LogP contribution in [0.5, 0.6) is 0 Å². The number of aliphatic hydroxyl groups excluding tert-OH is 1. The number of methoxy groups -OCH3 is 1. The van der Waals surface area contributed by atoms with Gasteiger partial charge in [-0.3, -0.25) is 0 Å². The minimum absolute atomic E-state index is 0.236. The maximum absolute atomic E-state index is 12.8. The third-order valence-corrected chi connectivity index (χ3v) is 1.15. The van der Waals surface area contributed by atoms with Gasteiger partial charge < -0.3 is 9.84 Å². The van der Waals surface area contributed by atoms with Gasteiger partial charge in [-0.1, -0.05) is 0 Å². The molecule has 0 bridgehead atoms. The van der Waals surface area contributed by atoms with E-state index >= 15 is 0 Å². The summed E-state index contributed by atoms with van der Waals surface area (Å²) >= 11 is 0. The number of aliphatic hydroxyl groups is 1. The zero-order valence-corrected chi connectivity index (χ0v) is 6.93. The van der Waals surface area contributed by atoms with Crippen LogP contribution in [0.2, 0.25) is 0 Å². The second kappa shape index (κ2) is 3.67. The number of ether oxygens (including phenoxy) is 1. The summed E-state index contributed by atoms with van der Waals surface area (Å²) in [5, 5.41) is 8.94. The van der Waals surface area contributed by atoms with Gasteiger partial charge in [-0.25, -0.2) is 9.18 Å². The summed E-state index contributed by atoms with van der Waals surface area (Å²) in [6, 6.07) is 0. The molecule has 1 N–H and O–H groups in total. The van der Waals surface area contributed by atoms with Crippen molar-refractivity contribution in [2.45, 2.75) is 32.0 Å². The minimum atomic E-state index is -1.55. The lowest BCUT2D eigenvalue weighted by molar-refractivity contribution is -0.152. The first-order valence-corrected chi connectivity index (χ1v) is 3.31. The van der Waals surface area contributed by atoms with E-state index in [1.54, 1.807) is 0 Å². The Morgan fingerprint density at radius 1 is 1.73 bits per heavy atom. The highest BCUT2D eigenvalue weighted by Crippen LogP contribution is 2.16. The van der Waals surface area contributed by atoms with Crippen molar-refractivity contribution >= 4 is 5.97 Å². The molecular weight excluding hydrogens is 151 g/mol. The highest BCUT2D eigenvalue weighted by molar-refractivity contribution is 5.74. The molecule has 0 saturated heterocycles. The van der Waals surface area contributed by atoms with Crippen molar-refractivity contribution in [3.63, 3.8) is 0 Å². The molecule has 0 aromatic carbocycles. The Balaban J connectivity index is 3.87. The molecule has 3 nitrogen and oxygen atoms in total. The van der Waals surface area contributed by atoms with Crippen LogP contribution in [0, 0.1) is 0 Å². The van der Waals surface area contributed by atoms with E-state index in [9.17, 15) is 9.18 Å². The second-order valence-corrected chi connectivity index (χ2v) is 2.96. The van der Waals surface area contributed by atoms with Crippen LogP contribution >= 0.6 is 0 Å². The Morgan fingerprint density at radius 2 is 2.18 bits per heavy atom. The van der Waals surface area contributed by atoms with Crippen LogP contribution in [0.15, 0.2) is 0 Å². The molecule has 66 valence electrons. The lowest BCUT2D eigenvalue weighted by Crippen LogP contribution is -2.29. The summed E-state index contributed by atoms with van der Waals surface area (Å²) in [7, 11) is 1.15. The molecule has 0 radical (unpaired) electrons. The first-order valence-electron chi connectivity index (χ1n) is 3.31. The molecule has 0 heterocycles. The molecule has 0 aromatic rings. The summed E-state index contributed by atoms with van der Waals surface area (Å²) in [5.74, 6) is -0.796. The van der Waals surface area contributed by atoms with Crippen molar-refractivity contribution < 1.29 is 19.0 Å². The standard InChI is InChI=1S/C7H13FO3/c1-7(2,8)4-5(9)6(10)11-3/h5,9H,4H2,1-3H3. The molecule has 0 aromatic heterocycles. The van der Waals surface area contributed by atoms with E-state index in [0.29, 0.717) is 0 Å². The molecule has 11 heavy (non-hydrogen) atoms. The SMILES string of the molecule is COC(=O)C(O)CC(C)(C)F. The number of alkyl halides is 1. The topological polar surface area (TPSA) is 46.5 Å². The number of carbonyl (C=O) groups is 1. The Morgan fingerprint density at radius 3 is 2.45 bits per heavy atom. The predicted molar refractivity (Wildman–Crippen MR) is 37.8 cm³/mol. The average Bonchev–Trinajstić information content (AvgIpc) is 1.82. The maximum Gasteiger partial charge on any atom is 0.334 e. The van der Waals surface area contributed by atoms with Gasteiger partial charge in [0, 0.05) is 6.42 Å². The molecule has 4 heteroatoms. The van der Waals surface area contributed by atoms with E-state index in [1.165, 1.54) is 13.8 Å². The number of halogens is 1. The van der Waals surface area contributed by atoms with Crippen LogP contribution in [-0.2, 0) is 9.53 Å². The molecule has 0 fully saturated rings. The number of hydrogen-bond acceptors (Lipinski definition) is 3. The molecule has 0 rings (SSSR count). The van der Waals surface area contributed by atoms with E-state index in [4.69, 9.17) is 5.11 Å². The third-order valence-electron chi connectivity index (χ3n) is 1.15. The smallest absolute Gasteiger partial charge is 0.334 e. The number of esters is 1. The second-order valence-electron chi connectivity index (χ2n) is 2.96. The van der Waals surface area contributed by atoms with Crippen LogP contribution in [0.25, 0.3) is 0 Å². The van der Waals surface area contributed by atoms with Crippen LogP contribution in [-0.4, -0.2) is 30.0 Å². The summed E-state index contributed by atoms with van der Waals surface area (Å²) in [6.45, 7) is 2.58. The van der Waals surface area contributed by atoms with Crippen molar-refractivity contribution in [3.05, 3.63) is 0 Å². The Hall–Kier alpha value is -0.640. The third kappa shape index (κ3) is 4.72. The fourth-order valence-electron chi connectivity index (χ4n) is 0.679. The summed E-state index contributed by atoms with van der Waals surface area (Å²) in [5.41, 5.74) is -1.55. The van der Waals surface area contributed by atoms with E-state index < -0.39 is 17.7 Å². The van der Waals surface area contributed by atoms with Crippen molar-refractivity contribution in [3.8, 4) is 0 Å². The summed E-state index contributed by atoms with van der Waals surface area (Å²) < 4.78 is 17.0. The monoisotopic (exact) mass is 164 g/mol. The van der Waals surface area contributed by atoms with E-state index in [2.05, 4.69) is 4.74 Å². The fraction of sp³-hybridized carbons (Fsp3) is 0.857. The molecule has 1 atom stereocenters. The lowest BCUT2D eigenvalue weighted by atomic mass is 10.0. The van der Waals surface area contributed by atoms with Gasteiger partial charge in [-0.05, 0) is 13.8 Å². The van der Waals surface area contributed by atoms with Gasteiger partial charge in [0.1, 0.15) is 5.67 Å². The van der Waals surface area contributed by atoms with E-state index in [0.717, 1.165) is 7.11 Å². The molecule has 0 aliphatic rings. The molecule has 0 amide bonds. The van der Waals surface area contributed by atoms with E-state index in [-0.39, 0.29) is 6.42 Å². The number of hydrogen-bond donors (Lipinski definition) is 1. The van der Waals surface area contributed by atoms with Crippen molar-refractivity contribution in [2.75, 3.05) is 7.11 Å². The van der Waals surface area contributed by atoms with Crippen LogP contribution in [0.3, 0.4) is 0 Å². The van der Waals surface area contributed by atoms with Crippen molar-refractivity contribution in [1.29, 1.82) is 0 Å². The van der Waals surface area contributed by atoms with Crippen LogP contribution in [0.4, 0.5) is 4.39 Å². The first kappa shape index (κ1) is 10.4. The van der Waals surface area contributed by atoms with Gasteiger partial charge in [0.25, 0.3) is 0 Å². The minimum Gasteiger partial charge on any atom is -0.467 e. The quantitative estimate of drug-likeness (QED) is 0.623. The van der Waals surface area contributed by atoms with Gasteiger partial charge in [0.2, 0.25) is 0 Å². The summed E-state index contributed by atoms with van der Waals surface area (Å²) in [4.78, 5) is 10.6. The highest BCUT2D eigenvalue weighted by atomic mass is 19.1. The highest BCUT2D eigenvalue weighted by Gasteiger charge is 2.26. The number of rotatable bonds is 3. The molecule has 0 aliphatic heterocycles. The maximum atomic E-state index is 12.8. The van der Waals surface area contributed by atoms with Crippen LogP contribution < -0.4 is 0 Å². The molecule has 0 saturated carbocycles. The zero-order valence-electron chi connectivity index (χ0n) is 6.93. The first-order chi connectivity index (χ1) is 4.87. The van der Waals surface area contributed by atoms with Crippen molar-refractivity contribution in [1.82, 2.24) is 0 Å². The largest absolute Gasteiger partial charge is 0.467 e. The van der Waals surface area contributed by atoms with E-state index in [1.807, 2.05) is 0 Å². The number of carbonyl (C=O) groups excluding carboxylic acids is 1. The average molecular weight is 164 g/mol. The van der Waals surface area contributed by atoms with Crippen LogP contribution in [0.1, 0.15) is 20.3 Å². The zero-order chi connectivity index (χ0) is 9.07. The Bertz CT molecular complexity index is 139. The van der Waals surface area contributed by atoms with Gasteiger partial charge >= 0.3 is 5.97 Å². The van der Waals surface area contributed by atoms with Gasteiger partial charge in [0.15, 0.2) is 6.10 Å². The molecule has 0 aliphatic carbocycles. The fourth-order valence-corrected chi connectivity index (χ4v) is 0.679.